The maximum atomic E-state index is 12.2. The van der Waals surface area contributed by atoms with E-state index in [1.807, 2.05) is 19.2 Å². The van der Waals surface area contributed by atoms with Crippen molar-refractivity contribution in [2.24, 2.45) is 0 Å². The number of benzene rings is 1. The van der Waals surface area contributed by atoms with Gasteiger partial charge in [0.25, 0.3) is 5.91 Å². The quantitative estimate of drug-likeness (QED) is 0.828. The Kier molecular flexibility index (Phi) is 4.77. The number of hydrogen-bond acceptors (Lipinski definition) is 4. The number of nitrogens with one attached hydrogen (secondary N) is 1. The summed E-state index contributed by atoms with van der Waals surface area (Å²) in [5, 5.41) is 5.89. The van der Waals surface area contributed by atoms with E-state index in [9.17, 15) is 4.79 Å². The molecule has 1 unspecified atom stereocenters. The summed E-state index contributed by atoms with van der Waals surface area (Å²) in [6.07, 6.45) is 1.78. The molecule has 2 aromatic rings. The Morgan fingerprint density at radius 2 is 2.30 bits per heavy atom. The topological polar surface area (TPSA) is 68.0 Å². The summed E-state index contributed by atoms with van der Waals surface area (Å²) >= 11 is 4.96. The van der Waals surface area contributed by atoms with Gasteiger partial charge >= 0.3 is 0 Å². The van der Waals surface area contributed by atoms with Gasteiger partial charge in [0.2, 0.25) is 0 Å². The summed E-state index contributed by atoms with van der Waals surface area (Å²) in [6, 6.07) is 3.58. The normalized spacial score (nSPS) is 12.2. The molecule has 2 rings (SSSR count). The van der Waals surface area contributed by atoms with Crippen molar-refractivity contribution in [2.45, 2.75) is 19.8 Å². The van der Waals surface area contributed by atoms with Crippen molar-refractivity contribution >= 4 is 38.9 Å². The molecule has 0 saturated heterocycles. The number of thiazole rings is 1. The van der Waals surface area contributed by atoms with E-state index in [1.165, 1.54) is 0 Å². The molecule has 1 aromatic heterocycles. The fraction of sp³-hybridized carbons (Fsp3) is 0.286. The van der Waals surface area contributed by atoms with E-state index in [1.54, 1.807) is 29.7 Å². The summed E-state index contributed by atoms with van der Waals surface area (Å²) in [7, 11) is 0. The zero-order valence-corrected chi connectivity index (χ0v) is 13.7. The highest BCUT2D eigenvalue weighted by Crippen LogP contribution is 2.23. The van der Waals surface area contributed by atoms with E-state index < -0.39 is 0 Å². The number of aromatic nitrogens is 1. The van der Waals surface area contributed by atoms with Crippen LogP contribution in [-0.2, 0) is 0 Å². The monoisotopic (exact) mass is 353 g/mol. The molecule has 1 heterocycles. The van der Waals surface area contributed by atoms with Gasteiger partial charge in [0.1, 0.15) is 0 Å². The second-order valence-corrected chi connectivity index (χ2v) is 6.49. The fourth-order valence-corrected chi connectivity index (χ4v) is 3.02. The minimum Gasteiger partial charge on any atom is -0.398 e. The lowest BCUT2D eigenvalue weighted by atomic mass is 10.1. The molecule has 3 N–H and O–H groups in total. The zero-order chi connectivity index (χ0) is 14.7. The van der Waals surface area contributed by atoms with E-state index >= 15 is 0 Å². The summed E-state index contributed by atoms with van der Waals surface area (Å²) in [4.78, 5) is 16.5. The third-order valence-electron chi connectivity index (χ3n) is 3.10. The van der Waals surface area contributed by atoms with Gasteiger partial charge in [-0.1, -0.05) is 22.9 Å². The summed E-state index contributed by atoms with van der Waals surface area (Å²) in [5.41, 5.74) is 7.88. The molecule has 0 aliphatic carbocycles. The Labute approximate surface area is 130 Å². The molecule has 4 nitrogen and oxygen atoms in total. The van der Waals surface area contributed by atoms with E-state index in [4.69, 9.17) is 5.73 Å². The van der Waals surface area contributed by atoms with Gasteiger partial charge in [-0.25, -0.2) is 4.98 Å². The van der Waals surface area contributed by atoms with Crippen molar-refractivity contribution in [1.29, 1.82) is 0 Å². The average molecular weight is 354 g/mol. The lowest BCUT2D eigenvalue weighted by molar-refractivity contribution is 0.0951. The second-order valence-electron chi connectivity index (χ2n) is 4.65. The highest BCUT2D eigenvalue weighted by Gasteiger charge is 2.14. The predicted octanol–water partition coefficient (Wildman–Crippen LogP) is 3.33. The van der Waals surface area contributed by atoms with Gasteiger partial charge in [-0.05, 0) is 24.6 Å². The Morgan fingerprint density at radius 1 is 1.55 bits per heavy atom. The Hall–Kier alpha value is -1.40. The molecule has 0 bridgehead atoms. The number of carbonyl (C=O) groups is 1. The van der Waals surface area contributed by atoms with E-state index in [0.717, 1.165) is 15.0 Å². The largest absolute Gasteiger partial charge is 0.398 e. The highest BCUT2D eigenvalue weighted by molar-refractivity contribution is 9.10. The first kappa shape index (κ1) is 15.0. The minimum atomic E-state index is -0.112. The number of nitrogen functional groups attached to an aromatic ring is 1. The van der Waals surface area contributed by atoms with Crippen LogP contribution in [0.3, 0.4) is 0 Å². The number of rotatable bonds is 4. The molecular formula is C14H16BrN3OS. The zero-order valence-electron chi connectivity index (χ0n) is 11.3. The molecule has 6 heteroatoms. The van der Waals surface area contributed by atoms with Crippen molar-refractivity contribution in [1.82, 2.24) is 10.3 Å². The number of nitrogens with zero attached hydrogens (tertiary/aromatic N) is 1. The molecule has 20 heavy (non-hydrogen) atoms. The molecule has 0 radical (unpaired) electrons. The first-order chi connectivity index (χ1) is 9.49. The average Bonchev–Trinajstić information content (AvgIpc) is 2.93. The van der Waals surface area contributed by atoms with Crippen molar-refractivity contribution in [3.05, 3.63) is 44.3 Å². The number of amides is 1. The standard InChI is InChI=1S/C14H16BrN3OS/c1-8(14-17-3-4-20-14)7-18-13(19)11-5-10(15)6-12(16)9(11)2/h3-6,8H,7,16H2,1-2H3,(H,18,19). The predicted molar refractivity (Wildman–Crippen MR) is 86.2 cm³/mol. The van der Waals surface area contributed by atoms with Crippen LogP contribution in [-0.4, -0.2) is 17.4 Å². The lowest BCUT2D eigenvalue weighted by Crippen LogP contribution is -2.28. The van der Waals surface area contributed by atoms with Crippen molar-refractivity contribution in [2.75, 3.05) is 12.3 Å². The highest BCUT2D eigenvalue weighted by atomic mass is 79.9. The van der Waals surface area contributed by atoms with Crippen molar-refractivity contribution in [3.8, 4) is 0 Å². The molecular weight excluding hydrogens is 338 g/mol. The van der Waals surface area contributed by atoms with Crippen LogP contribution in [0.2, 0.25) is 0 Å². The van der Waals surface area contributed by atoms with Crippen molar-refractivity contribution in [3.63, 3.8) is 0 Å². The summed E-state index contributed by atoms with van der Waals surface area (Å²) in [5.74, 6) is 0.0858. The van der Waals surface area contributed by atoms with Gasteiger partial charge in [0.15, 0.2) is 0 Å². The summed E-state index contributed by atoms with van der Waals surface area (Å²) < 4.78 is 0.804. The van der Waals surface area contributed by atoms with Gasteiger partial charge in [0.05, 0.1) is 5.01 Å². The molecule has 1 atom stereocenters. The smallest absolute Gasteiger partial charge is 0.251 e. The van der Waals surface area contributed by atoms with Crippen LogP contribution in [0.4, 0.5) is 5.69 Å². The molecule has 0 aliphatic rings. The Bertz CT molecular complexity index is 613. The molecule has 0 saturated carbocycles. The van der Waals surface area contributed by atoms with Crippen LogP contribution >= 0.6 is 27.3 Å². The maximum Gasteiger partial charge on any atom is 0.251 e. The fourth-order valence-electron chi connectivity index (χ4n) is 1.84. The molecule has 1 amide bonds. The van der Waals surface area contributed by atoms with Gasteiger partial charge in [-0.3, -0.25) is 4.79 Å². The minimum absolute atomic E-state index is 0.112. The van der Waals surface area contributed by atoms with Crippen LogP contribution < -0.4 is 11.1 Å². The van der Waals surface area contributed by atoms with Crippen molar-refractivity contribution < 1.29 is 4.79 Å². The van der Waals surface area contributed by atoms with Gasteiger partial charge in [0, 0.05) is 39.8 Å². The molecule has 106 valence electrons. The van der Waals surface area contributed by atoms with E-state index in [0.29, 0.717) is 17.8 Å². The molecule has 1 aromatic carbocycles. The van der Waals surface area contributed by atoms with Crippen LogP contribution in [0.5, 0.6) is 0 Å². The number of carbonyl (C=O) groups excluding carboxylic acids is 1. The number of anilines is 1. The maximum absolute atomic E-state index is 12.2. The van der Waals surface area contributed by atoms with Crippen LogP contribution in [0.15, 0.2) is 28.2 Å². The molecule has 0 aliphatic heterocycles. The SMILES string of the molecule is Cc1c(N)cc(Br)cc1C(=O)NCC(C)c1nccs1. The van der Waals surface area contributed by atoms with Crippen LogP contribution in [0, 0.1) is 6.92 Å². The third kappa shape index (κ3) is 3.37. The summed E-state index contributed by atoms with van der Waals surface area (Å²) in [6.45, 7) is 4.44. The lowest BCUT2D eigenvalue weighted by Gasteiger charge is -2.13. The Morgan fingerprint density at radius 3 is 2.95 bits per heavy atom. The molecule has 0 spiro atoms. The van der Waals surface area contributed by atoms with E-state index in [2.05, 4.69) is 26.2 Å². The second kappa shape index (κ2) is 6.37. The van der Waals surface area contributed by atoms with Crippen LogP contribution in [0.1, 0.15) is 33.8 Å². The number of halogens is 1. The van der Waals surface area contributed by atoms with Gasteiger partial charge in [-0.15, -0.1) is 11.3 Å². The van der Waals surface area contributed by atoms with Crippen LogP contribution in [0.25, 0.3) is 0 Å². The third-order valence-corrected chi connectivity index (χ3v) is 4.56. The molecule has 0 fully saturated rings. The van der Waals surface area contributed by atoms with Gasteiger partial charge < -0.3 is 11.1 Å². The Balaban J connectivity index is 2.06. The van der Waals surface area contributed by atoms with E-state index in [-0.39, 0.29) is 11.8 Å². The number of hydrogen-bond donors (Lipinski definition) is 2. The van der Waals surface area contributed by atoms with Gasteiger partial charge in [-0.2, -0.15) is 0 Å². The number of nitrogens with two attached hydrogens (primary N) is 1. The first-order valence-electron chi connectivity index (χ1n) is 6.22. The first-order valence-corrected chi connectivity index (χ1v) is 7.89.